The van der Waals surface area contributed by atoms with Crippen LogP contribution in [0.3, 0.4) is 0 Å². The van der Waals surface area contributed by atoms with E-state index in [-0.39, 0.29) is 16.6 Å². The Balaban J connectivity index is 2.45. The number of anilines is 1. The summed E-state index contributed by atoms with van der Waals surface area (Å²) in [6.45, 7) is 4.27. The number of nitrogens with two attached hydrogens (primary N) is 1. The van der Waals surface area contributed by atoms with Crippen molar-refractivity contribution in [2.45, 2.75) is 30.7 Å². The minimum Gasteiger partial charge on any atom is -0.363 e. The quantitative estimate of drug-likeness (QED) is 0.610. The Morgan fingerprint density at radius 3 is 2.55 bits per heavy atom. The Labute approximate surface area is 129 Å². The first kappa shape index (κ1) is 16.7. The van der Waals surface area contributed by atoms with Crippen molar-refractivity contribution in [1.29, 1.82) is 0 Å². The first-order chi connectivity index (χ1) is 10.3. The van der Waals surface area contributed by atoms with E-state index in [1.54, 1.807) is 0 Å². The molecule has 1 saturated heterocycles. The lowest BCUT2D eigenvalue weighted by molar-refractivity contribution is -0.384. The number of hydrogen-bond donors (Lipinski definition) is 2. The number of hydrogen-bond acceptors (Lipinski definition) is 6. The molecule has 122 valence electrons. The van der Waals surface area contributed by atoms with Crippen LogP contribution in [-0.4, -0.2) is 39.0 Å². The van der Waals surface area contributed by atoms with Crippen molar-refractivity contribution in [3.05, 3.63) is 28.3 Å². The average Bonchev–Trinajstić information content (AvgIpc) is 2.48. The van der Waals surface area contributed by atoms with Crippen LogP contribution in [0.2, 0.25) is 0 Å². The number of nitro groups is 1. The van der Waals surface area contributed by atoms with Gasteiger partial charge in [-0.05, 0) is 45.0 Å². The smallest absolute Gasteiger partial charge is 0.293 e. The van der Waals surface area contributed by atoms with Crippen LogP contribution in [-0.2, 0) is 10.0 Å². The monoisotopic (exact) mass is 328 g/mol. The molecule has 1 heterocycles. The Hall–Kier alpha value is -1.71. The maximum Gasteiger partial charge on any atom is 0.293 e. The summed E-state index contributed by atoms with van der Waals surface area (Å²) in [6.07, 6.45) is 1.78. The van der Waals surface area contributed by atoms with Gasteiger partial charge < -0.3 is 10.2 Å². The van der Waals surface area contributed by atoms with Gasteiger partial charge in [0, 0.05) is 18.7 Å². The maximum absolute atomic E-state index is 11.4. The molecule has 0 atom stereocenters. The fourth-order valence-corrected chi connectivity index (χ4v) is 3.35. The summed E-state index contributed by atoms with van der Waals surface area (Å²) < 4.78 is 22.8. The zero-order valence-electron chi connectivity index (χ0n) is 12.4. The lowest BCUT2D eigenvalue weighted by atomic mass is 10.0. The Morgan fingerprint density at radius 2 is 2.05 bits per heavy atom. The molecule has 0 spiro atoms. The molecule has 0 saturated carbocycles. The molecule has 9 heteroatoms. The predicted octanol–water partition coefficient (Wildman–Crippen LogP) is 0.820. The normalized spacial score (nSPS) is 16.5. The molecule has 0 amide bonds. The number of nitro benzene ring substituents is 1. The van der Waals surface area contributed by atoms with Crippen molar-refractivity contribution in [3.8, 4) is 0 Å². The van der Waals surface area contributed by atoms with Gasteiger partial charge >= 0.3 is 0 Å². The lowest BCUT2D eigenvalue weighted by Gasteiger charge is -2.35. The van der Waals surface area contributed by atoms with E-state index in [1.165, 1.54) is 12.1 Å². The van der Waals surface area contributed by atoms with Gasteiger partial charge in [-0.1, -0.05) is 0 Å². The van der Waals surface area contributed by atoms with Crippen molar-refractivity contribution < 1.29 is 13.3 Å². The van der Waals surface area contributed by atoms with Crippen molar-refractivity contribution in [1.82, 2.24) is 5.32 Å². The SMILES string of the molecule is CCN(c1ccc(S(N)(=O)=O)cc1[N+](=O)[O-])C1CCNCC1. The molecule has 0 bridgehead atoms. The van der Waals surface area contributed by atoms with Gasteiger partial charge in [-0.15, -0.1) is 0 Å². The second kappa shape index (κ2) is 6.59. The highest BCUT2D eigenvalue weighted by Crippen LogP contribution is 2.33. The molecule has 3 N–H and O–H groups in total. The maximum atomic E-state index is 11.4. The second-order valence-corrected chi connectivity index (χ2v) is 6.78. The number of benzene rings is 1. The number of sulfonamides is 1. The van der Waals surface area contributed by atoms with Gasteiger partial charge in [0.25, 0.3) is 5.69 Å². The fourth-order valence-electron chi connectivity index (χ4n) is 2.81. The number of piperidine rings is 1. The number of nitrogens with zero attached hydrogens (tertiary/aromatic N) is 2. The van der Waals surface area contributed by atoms with E-state index in [0.717, 1.165) is 32.0 Å². The van der Waals surface area contributed by atoms with Crippen molar-refractivity contribution in [3.63, 3.8) is 0 Å². The molecule has 2 rings (SSSR count). The highest BCUT2D eigenvalue weighted by molar-refractivity contribution is 7.89. The molecule has 1 aliphatic rings. The summed E-state index contributed by atoms with van der Waals surface area (Å²) in [5.74, 6) is 0. The van der Waals surface area contributed by atoms with Crippen LogP contribution in [0.1, 0.15) is 19.8 Å². The van der Waals surface area contributed by atoms with Crippen LogP contribution in [0.25, 0.3) is 0 Å². The van der Waals surface area contributed by atoms with Crippen LogP contribution >= 0.6 is 0 Å². The van der Waals surface area contributed by atoms with Crippen LogP contribution in [0.4, 0.5) is 11.4 Å². The van der Waals surface area contributed by atoms with Crippen LogP contribution in [0, 0.1) is 10.1 Å². The van der Waals surface area contributed by atoms with Gasteiger partial charge in [0.2, 0.25) is 10.0 Å². The summed E-state index contributed by atoms with van der Waals surface area (Å²) in [6, 6.07) is 4.03. The summed E-state index contributed by atoms with van der Waals surface area (Å²) in [5, 5.41) is 19.6. The van der Waals surface area contributed by atoms with Gasteiger partial charge in [0.1, 0.15) is 5.69 Å². The van der Waals surface area contributed by atoms with E-state index in [4.69, 9.17) is 5.14 Å². The van der Waals surface area contributed by atoms with E-state index in [0.29, 0.717) is 12.2 Å². The Morgan fingerprint density at radius 1 is 1.41 bits per heavy atom. The summed E-state index contributed by atoms with van der Waals surface area (Å²) in [4.78, 5) is 12.5. The molecular formula is C13H20N4O4S. The van der Waals surface area contributed by atoms with Crippen molar-refractivity contribution in [2.24, 2.45) is 5.14 Å². The fraction of sp³-hybridized carbons (Fsp3) is 0.538. The third kappa shape index (κ3) is 3.54. The third-order valence-electron chi connectivity index (χ3n) is 3.87. The van der Waals surface area contributed by atoms with Crippen LogP contribution in [0.5, 0.6) is 0 Å². The molecule has 1 aromatic rings. The van der Waals surface area contributed by atoms with Crippen LogP contribution < -0.4 is 15.4 Å². The largest absolute Gasteiger partial charge is 0.363 e. The van der Waals surface area contributed by atoms with Gasteiger partial charge in [0.05, 0.1) is 9.82 Å². The Kier molecular flexibility index (Phi) is 4.99. The molecule has 0 radical (unpaired) electrons. The molecule has 8 nitrogen and oxygen atoms in total. The summed E-state index contributed by atoms with van der Waals surface area (Å²) in [7, 11) is -3.97. The van der Waals surface area contributed by atoms with Gasteiger partial charge in [-0.25, -0.2) is 13.6 Å². The number of primary sulfonamides is 1. The molecule has 1 fully saturated rings. The first-order valence-electron chi connectivity index (χ1n) is 7.13. The minimum atomic E-state index is -3.97. The summed E-state index contributed by atoms with van der Waals surface area (Å²) in [5.41, 5.74) is 0.207. The molecular weight excluding hydrogens is 308 g/mol. The zero-order chi connectivity index (χ0) is 16.3. The molecule has 1 aromatic carbocycles. The molecule has 0 unspecified atom stereocenters. The van der Waals surface area contributed by atoms with E-state index >= 15 is 0 Å². The Bertz CT molecular complexity index is 656. The first-order valence-corrected chi connectivity index (χ1v) is 8.68. The molecule has 1 aliphatic heterocycles. The van der Waals surface area contributed by atoms with E-state index in [9.17, 15) is 18.5 Å². The molecule has 0 aromatic heterocycles. The topological polar surface area (TPSA) is 119 Å². The van der Waals surface area contributed by atoms with E-state index < -0.39 is 14.9 Å². The average molecular weight is 328 g/mol. The van der Waals surface area contributed by atoms with Gasteiger partial charge in [0.15, 0.2) is 0 Å². The lowest BCUT2D eigenvalue weighted by Crippen LogP contribution is -2.43. The summed E-state index contributed by atoms with van der Waals surface area (Å²) >= 11 is 0. The van der Waals surface area contributed by atoms with Gasteiger partial charge in [-0.2, -0.15) is 0 Å². The van der Waals surface area contributed by atoms with Crippen molar-refractivity contribution in [2.75, 3.05) is 24.5 Å². The zero-order valence-corrected chi connectivity index (χ0v) is 13.2. The highest BCUT2D eigenvalue weighted by atomic mass is 32.2. The van der Waals surface area contributed by atoms with Crippen molar-refractivity contribution >= 4 is 21.4 Å². The van der Waals surface area contributed by atoms with Crippen LogP contribution in [0.15, 0.2) is 23.1 Å². The van der Waals surface area contributed by atoms with Gasteiger partial charge in [-0.3, -0.25) is 10.1 Å². The number of nitrogens with one attached hydrogen (secondary N) is 1. The second-order valence-electron chi connectivity index (χ2n) is 5.22. The highest BCUT2D eigenvalue weighted by Gasteiger charge is 2.27. The van der Waals surface area contributed by atoms with E-state index in [1.807, 2.05) is 11.8 Å². The third-order valence-corrected chi connectivity index (χ3v) is 4.78. The number of rotatable bonds is 5. The predicted molar refractivity (Wildman–Crippen MR) is 83.4 cm³/mol. The minimum absolute atomic E-state index is 0.199. The standard InChI is InChI=1S/C13H20N4O4S/c1-2-16(10-5-7-15-8-6-10)12-4-3-11(22(14,20)21)9-13(12)17(18)19/h3-4,9-10,15H,2,5-8H2,1H3,(H2,14,20,21). The van der Waals surface area contributed by atoms with E-state index in [2.05, 4.69) is 5.32 Å². The molecule has 0 aliphatic carbocycles. The molecule has 22 heavy (non-hydrogen) atoms.